The molecule has 112 valence electrons. The van der Waals surface area contributed by atoms with Crippen LogP contribution in [0.3, 0.4) is 0 Å². The Morgan fingerprint density at radius 3 is 2.86 bits per heavy atom. The number of likely N-dealkylation sites (tertiary alicyclic amines) is 1. The van der Waals surface area contributed by atoms with E-state index in [1.807, 2.05) is 4.90 Å². The molecule has 1 unspecified atom stereocenters. The zero-order valence-electron chi connectivity index (χ0n) is 12.5. The number of benzene rings is 1. The van der Waals surface area contributed by atoms with E-state index in [-0.39, 0.29) is 5.91 Å². The molecule has 0 radical (unpaired) electrons. The largest absolute Gasteiger partial charge is 0.338 e. The van der Waals surface area contributed by atoms with E-state index in [0.717, 1.165) is 19.5 Å². The van der Waals surface area contributed by atoms with Gasteiger partial charge in [0.2, 0.25) is 0 Å². The molecule has 1 atom stereocenters. The van der Waals surface area contributed by atoms with Crippen LogP contribution in [-0.4, -0.2) is 30.4 Å². The highest BCUT2D eigenvalue weighted by Gasteiger charge is 2.28. The molecule has 0 aromatic heterocycles. The Kier molecular flexibility index (Phi) is 5.27. The molecule has 1 saturated heterocycles. The maximum absolute atomic E-state index is 12.5. The van der Waals surface area contributed by atoms with Crippen molar-refractivity contribution in [3.8, 4) is 11.8 Å². The maximum Gasteiger partial charge on any atom is 0.253 e. The molecule has 1 heterocycles. The molecule has 21 heavy (non-hydrogen) atoms. The van der Waals surface area contributed by atoms with Crippen LogP contribution in [0.4, 0.5) is 0 Å². The quantitative estimate of drug-likeness (QED) is 0.854. The van der Waals surface area contributed by atoms with E-state index in [1.54, 1.807) is 18.2 Å². The highest BCUT2D eigenvalue weighted by Crippen LogP contribution is 2.26. The van der Waals surface area contributed by atoms with Gasteiger partial charge in [-0.15, -0.1) is 0 Å². The summed E-state index contributed by atoms with van der Waals surface area (Å²) in [5, 5.41) is 0.501. The van der Waals surface area contributed by atoms with Gasteiger partial charge in [0.25, 0.3) is 5.91 Å². The minimum absolute atomic E-state index is 0.0541. The highest BCUT2D eigenvalue weighted by atomic mass is 35.5. The lowest BCUT2D eigenvalue weighted by Gasteiger charge is -2.18. The fraction of sp³-hybridized carbons (Fsp3) is 0.471. The van der Waals surface area contributed by atoms with Gasteiger partial charge in [0, 0.05) is 24.2 Å². The normalized spacial score (nSPS) is 17.8. The molecule has 1 aromatic carbocycles. The van der Waals surface area contributed by atoms with Crippen LogP contribution in [0.2, 0.25) is 5.02 Å². The number of hydrogen-bond acceptors (Lipinski definition) is 2. The molecule has 0 aliphatic carbocycles. The van der Waals surface area contributed by atoms with Crippen LogP contribution in [0, 0.1) is 23.7 Å². The molecule has 0 spiro atoms. The first-order valence-corrected chi connectivity index (χ1v) is 7.68. The fourth-order valence-electron chi connectivity index (χ4n) is 2.59. The average Bonchev–Trinajstić information content (AvgIpc) is 2.95. The second kappa shape index (κ2) is 6.98. The Morgan fingerprint density at radius 1 is 1.52 bits per heavy atom. The predicted octanol–water partition coefficient (Wildman–Crippen LogP) is 2.77. The van der Waals surface area contributed by atoms with Gasteiger partial charge in [0.15, 0.2) is 0 Å². The van der Waals surface area contributed by atoms with Gasteiger partial charge in [-0.25, -0.2) is 0 Å². The third-order valence-corrected chi connectivity index (χ3v) is 4.31. The summed E-state index contributed by atoms with van der Waals surface area (Å²) in [6, 6.07) is 5.28. The molecule has 2 N–H and O–H groups in total. The molecule has 1 amide bonds. The summed E-state index contributed by atoms with van der Waals surface area (Å²) in [4.78, 5) is 14.4. The second-order valence-corrected chi connectivity index (χ2v) is 6.15. The Bertz CT molecular complexity index is 586. The minimum Gasteiger partial charge on any atom is -0.338 e. The monoisotopic (exact) mass is 304 g/mol. The van der Waals surface area contributed by atoms with Gasteiger partial charge in [0.1, 0.15) is 0 Å². The first kappa shape index (κ1) is 15.9. The summed E-state index contributed by atoms with van der Waals surface area (Å²) >= 11 is 6.18. The number of halogens is 1. The number of nitrogens with zero attached hydrogens (tertiary/aromatic N) is 1. The molecule has 3 nitrogen and oxygen atoms in total. The molecule has 0 saturated carbocycles. The Hall–Kier alpha value is -1.50. The summed E-state index contributed by atoms with van der Waals surface area (Å²) < 4.78 is 0. The lowest BCUT2D eigenvalue weighted by molar-refractivity contribution is 0.0784. The molecular formula is C17H21ClN2O. The number of carbonyl (C=O) groups excluding carboxylic acids is 1. The smallest absolute Gasteiger partial charge is 0.253 e. The molecule has 1 aromatic rings. The van der Waals surface area contributed by atoms with E-state index in [9.17, 15) is 4.79 Å². The van der Waals surface area contributed by atoms with E-state index in [0.29, 0.717) is 34.5 Å². The van der Waals surface area contributed by atoms with E-state index >= 15 is 0 Å². The summed E-state index contributed by atoms with van der Waals surface area (Å²) in [5.74, 6) is 6.93. The first-order chi connectivity index (χ1) is 10.0. The van der Waals surface area contributed by atoms with Crippen molar-refractivity contribution in [1.29, 1.82) is 0 Å². The van der Waals surface area contributed by atoms with Crippen molar-refractivity contribution in [2.45, 2.75) is 20.3 Å². The Morgan fingerprint density at radius 2 is 2.29 bits per heavy atom. The molecule has 4 heteroatoms. The summed E-state index contributed by atoms with van der Waals surface area (Å²) in [5.41, 5.74) is 6.68. The van der Waals surface area contributed by atoms with Crippen molar-refractivity contribution in [3.63, 3.8) is 0 Å². The molecule has 1 aliphatic rings. The van der Waals surface area contributed by atoms with Crippen molar-refractivity contribution in [3.05, 3.63) is 34.3 Å². The van der Waals surface area contributed by atoms with Crippen molar-refractivity contribution in [1.82, 2.24) is 4.90 Å². The number of hydrogen-bond donors (Lipinski definition) is 1. The van der Waals surface area contributed by atoms with E-state index in [2.05, 4.69) is 25.7 Å². The predicted molar refractivity (Wildman–Crippen MR) is 86.2 cm³/mol. The van der Waals surface area contributed by atoms with Crippen LogP contribution in [0.5, 0.6) is 0 Å². The van der Waals surface area contributed by atoms with Crippen LogP contribution in [0.25, 0.3) is 0 Å². The van der Waals surface area contributed by atoms with Gasteiger partial charge >= 0.3 is 0 Å². The Labute approximate surface area is 131 Å². The number of amides is 1. The third kappa shape index (κ3) is 3.78. The maximum atomic E-state index is 12.5. The number of carbonyl (C=O) groups is 1. The van der Waals surface area contributed by atoms with Crippen molar-refractivity contribution < 1.29 is 4.79 Å². The number of nitrogens with two attached hydrogens (primary N) is 1. The van der Waals surface area contributed by atoms with E-state index in [1.165, 1.54) is 0 Å². The molecule has 1 fully saturated rings. The van der Waals surface area contributed by atoms with E-state index in [4.69, 9.17) is 17.3 Å². The molecule has 0 bridgehead atoms. The number of rotatable bonds is 2. The Balaban J connectivity index is 2.12. The lowest BCUT2D eigenvalue weighted by Crippen LogP contribution is -2.29. The van der Waals surface area contributed by atoms with Crippen molar-refractivity contribution >= 4 is 17.5 Å². The molecular weight excluding hydrogens is 284 g/mol. The minimum atomic E-state index is 0.0541. The third-order valence-electron chi connectivity index (χ3n) is 4.00. The van der Waals surface area contributed by atoms with Crippen LogP contribution < -0.4 is 5.73 Å². The van der Waals surface area contributed by atoms with E-state index < -0.39 is 0 Å². The molecule has 1 aliphatic heterocycles. The van der Waals surface area contributed by atoms with Gasteiger partial charge in [-0.1, -0.05) is 37.3 Å². The summed E-state index contributed by atoms with van der Waals surface area (Å²) in [7, 11) is 0. The van der Waals surface area contributed by atoms with Crippen molar-refractivity contribution in [2.75, 3.05) is 19.6 Å². The molecule has 2 rings (SSSR count). The fourth-order valence-corrected chi connectivity index (χ4v) is 2.82. The highest BCUT2D eigenvalue weighted by molar-refractivity contribution is 6.32. The topological polar surface area (TPSA) is 46.3 Å². The summed E-state index contributed by atoms with van der Waals surface area (Å²) in [6.07, 6.45) is 1.08. The van der Waals surface area contributed by atoms with Gasteiger partial charge < -0.3 is 10.6 Å². The van der Waals surface area contributed by atoms with Crippen LogP contribution in [0.1, 0.15) is 36.2 Å². The first-order valence-electron chi connectivity index (χ1n) is 7.30. The zero-order chi connectivity index (χ0) is 15.4. The average molecular weight is 305 g/mol. The van der Waals surface area contributed by atoms with Crippen LogP contribution >= 0.6 is 11.6 Å². The van der Waals surface area contributed by atoms with Crippen LogP contribution in [0.15, 0.2) is 18.2 Å². The van der Waals surface area contributed by atoms with Gasteiger partial charge in [-0.3, -0.25) is 4.79 Å². The summed E-state index contributed by atoms with van der Waals surface area (Å²) in [6.45, 7) is 6.37. The lowest BCUT2D eigenvalue weighted by atomic mass is 9.95. The van der Waals surface area contributed by atoms with Crippen LogP contribution in [-0.2, 0) is 0 Å². The SMILES string of the molecule is CC(C)C1CCN(C(=O)c2ccc(C#CCN)c(Cl)c2)C1. The second-order valence-electron chi connectivity index (χ2n) is 5.74. The van der Waals surface area contributed by atoms with Gasteiger partial charge in [0.05, 0.1) is 11.6 Å². The van der Waals surface area contributed by atoms with Gasteiger partial charge in [-0.05, 0) is 36.5 Å². The zero-order valence-corrected chi connectivity index (χ0v) is 13.3. The van der Waals surface area contributed by atoms with Gasteiger partial charge in [-0.2, -0.15) is 0 Å². The van der Waals surface area contributed by atoms with Crippen molar-refractivity contribution in [2.24, 2.45) is 17.6 Å². The standard InChI is InChI=1S/C17H21ClN2O/c1-12(2)15-7-9-20(11-15)17(21)14-6-5-13(4-3-8-19)16(18)10-14/h5-6,10,12,15H,7-9,11,19H2,1-2H3.